The Balaban J connectivity index is 1.59. The third-order valence-electron chi connectivity index (χ3n) is 3.50. The van der Waals surface area contributed by atoms with Gasteiger partial charge in [0, 0.05) is 5.69 Å². The van der Waals surface area contributed by atoms with E-state index in [1.165, 1.54) is 23.0 Å². The predicted octanol–water partition coefficient (Wildman–Crippen LogP) is 2.18. The Morgan fingerprint density at radius 3 is 2.48 bits per heavy atom. The van der Waals surface area contributed by atoms with Crippen LogP contribution >= 0.6 is 0 Å². The molecule has 2 aromatic carbocycles. The first-order chi connectivity index (χ1) is 13.0. The number of benzene rings is 2. The second kappa shape index (κ2) is 8.09. The molecule has 3 rings (SSSR count). The van der Waals surface area contributed by atoms with Crippen molar-refractivity contribution < 1.29 is 23.8 Å². The smallest absolute Gasteiger partial charge is 0.341 e. The van der Waals surface area contributed by atoms with Gasteiger partial charge in [-0.25, -0.2) is 13.9 Å². The zero-order valence-corrected chi connectivity index (χ0v) is 14.0. The minimum absolute atomic E-state index is 0.128. The molecule has 1 aromatic heterocycles. The van der Waals surface area contributed by atoms with Gasteiger partial charge in [0.1, 0.15) is 11.6 Å². The number of nitrogens with zero attached hydrogens (tertiary/aromatic N) is 3. The minimum Gasteiger partial charge on any atom is -0.482 e. The number of nitrogens with one attached hydrogen (secondary N) is 1. The Morgan fingerprint density at radius 2 is 1.81 bits per heavy atom. The molecule has 0 bridgehead atoms. The first kappa shape index (κ1) is 18.1. The number of aliphatic carboxylic acids is 1. The highest BCUT2D eigenvalue weighted by Gasteiger charge is 2.11. The number of carbonyl (C=O) groups is 2. The van der Waals surface area contributed by atoms with E-state index >= 15 is 0 Å². The van der Waals surface area contributed by atoms with Crippen molar-refractivity contribution in [3.05, 3.63) is 71.8 Å². The largest absolute Gasteiger partial charge is 0.482 e. The number of ether oxygens (including phenoxy) is 1. The van der Waals surface area contributed by atoms with Gasteiger partial charge in [0.25, 0.3) is 5.91 Å². The Labute approximate surface area is 153 Å². The van der Waals surface area contributed by atoms with Crippen LogP contribution in [0.25, 0.3) is 0 Å². The van der Waals surface area contributed by atoms with Gasteiger partial charge in [0.05, 0.1) is 12.7 Å². The van der Waals surface area contributed by atoms with E-state index in [1.807, 2.05) is 0 Å². The lowest BCUT2D eigenvalue weighted by Gasteiger charge is -2.05. The molecule has 0 aliphatic rings. The van der Waals surface area contributed by atoms with Crippen LogP contribution in [0.4, 0.5) is 10.1 Å². The van der Waals surface area contributed by atoms with Crippen LogP contribution in [-0.2, 0) is 11.3 Å². The van der Waals surface area contributed by atoms with Gasteiger partial charge in [0.2, 0.25) is 0 Å². The Bertz CT molecular complexity index is 939. The summed E-state index contributed by atoms with van der Waals surface area (Å²) in [5.41, 5.74) is 1.45. The third kappa shape index (κ3) is 5.11. The summed E-state index contributed by atoms with van der Waals surface area (Å²) in [5, 5.41) is 18.9. The number of amides is 1. The quantitative estimate of drug-likeness (QED) is 0.660. The van der Waals surface area contributed by atoms with Gasteiger partial charge in [-0.1, -0.05) is 17.3 Å². The molecule has 3 aromatic rings. The number of rotatable bonds is 7. The normalized spacial score (nSPS) is 10.4. The maximum absolute atomic E-state index is 12.9. The average Bonchev–Trinajstić information content (AvgIpc) is 3.12. The standard InChI is InChI=1S/C18H15FN4O4/c19-13-3-1-12(2-4-13)9-23-10-16(21-22-23)18(26)20-14-5-7-15(8-6-14)27-11-17(24)25/h1-8,10H,9,11H2,(H,20,26)(H,24,25). The molecule has 0 unspecified atom stereocenters. The van der Waals surface area contributed by atoms with E-state index in [0.717, 1.165) is 5.56 Å². The lowest BCUT2D eigenvalue weighted by atomic mass is 10.2. The lowest BCUT2D eigenvalue weighted by molar-refractivity contribution is -0.139. The fourth-order valence-electron chi connectivity index (χ4n) is 2.23. The molecule has 138 valence electrons. The monoisotopic (exact) mass is 370 g/mol. The van der Waals surface area contributed by atoms with Crippen LogP contribution in [0.3, 0.4) is 0 Å². The summed E-state index contributed by atoms with van der Waals surface area (Å²) in [6.45, 7) is -0.0843. The Hall–Kier alpha value is -3.75. The Morgan fingerprint density at radius 1 is 1.11 bits per heavy atom. The summed E-state index contributed by atoms with van der Waals surface area (Å²) in [7, 11) is 0. The van der Waals surface area contributed by atoms with Crippen LogP contribution in [0.5, 0.6) is 5.75 Å². The van der Waals surface area contributed by atoms with Crippen LogP contribution < -0.4 is 10.1 Å². The number of aromatic nitrogens is 3. The van der Waals surface area contributed by atoms with Crippen LogP contribution in [0.2, 0.25) is 0 Å². The molecule has 9 heteroatoms. The second-order valence-electron chi connectivity index (χ2n) is 5.59. The second-order valence-corrected chi connectivity index (χ2v) is 5.59. The minimum atomic E-state index is -1.07. The van der Waals surface area contributed by atoms with Crippen molar-refractivity contribution in [3.63, 3.8) is 0 Å². The molecular formula is C18H15FN4O4. The summed E-state index contributed by atoms with van der Waals surface area (Å²) >= 11 is 0. The molecule has 1 amide bonds. The van der Waals surface area contributed by atoms with E-state index in [4.69, 9.17) is 9.84 Å². The number of carboxylic acids is 1. The van der Waals surface area contributed by atoms with Crippen molar-refractivity contribution in [2.45, 2.75) is 6.54 Å². The van der Waals surface area contributed by atoms with E-state index in [9.17, 15) is 14.0 Å². The van der Waals surface area contributed by atoms with Gasteiger partial charge < -0.3 is 15.2 Å². The zero-order chi connectivity index (χ0) is 19.2. The van der Waals surface area contributed by atoms with Crippen LogP contribution in [0.15, 0.2) is 54.7 Å². The summed E-state index contributed by atoms with van der Waals surface area (Å²) in [6.07, 6.45) is 1.49. The van der Waals surface area contributed by atoms with E-state index in [2.05, 4.69) is 15.6 Å². The van der Waals surface area contributed by atoms with Gasteiger partial charge in [-0.15, -0.1) is 5.10 Å². The van der Waals surface area contributed by atoms with Crippen LogP contribution in [0, 0.1) is 5.82 Å². The number of hydrogen-bond acceptors (Lipinski definition) is 5. The number of carboxylic acid groups (broad SMARTS) is 1. The molecule has 8 nitrogen and oxygen atoms in total. The fraction of sp³-hybridized carbons (Fsp3) is 0.111. The van der Waals surface area contributed by atoms with Crippen LogP contribution in [-0.4, -0.2) is 38.6 Å². The molecule has 0 saturated carbocycles. The molecule has 0 aliphatic carbocycles. The summed E-state index contributed by atoms with van der Waals surface area (Å²) in [4.78, 5) is 22.7. The first-order valence-corrected chi connectivity index (χ1v) is 7.90. The molecule has 27 heavy (non-hydrogen) atoms. The van der Waals surface area contributed by atoms with Crippen molar-refractivity contribution in [3.8, 4) is 5.75 Å². The van der Waals surface area contributed by atoms with Gasteiger partial charge >= 0.3 is 5.97 Å². The van der Waals surface area contributed by atoms with Gasteiger partial charge in [-0.3, -0.25) is 4.79 Å². The number of halogens is 1. The summed E-state index contributed by atoms with van der Waals surface area (Å²) in [5.74, 6) is -1.46. The topological polar surface area (TPSA) is 106 Å². The van der Waals surface area contributed by atoms with Gasteiger partial charge in [-0.05, 0) is 42.0 Å². The zero-order valence-electron chi connectivity index (χ0n) is 14.0. The number of hydrogen-bond donors (Lipinski definition) is 2. The lowest BCUT2D eigenvalue weighted by Crippen LogP contribution is -2.12. The highest BCUT2D eigenvalue weighted by molar-refractivity contribution is 6.02. The molecule has 0 saturated heterocycles. The predicted molar refractivity (Wildman–Crippen MR) is 93.1 cm³/mol. The van der Waals surface area contributed by atoms with Crippen molar-refractivity contribution in [1.29, 1.82) is 0 Å². The molecule has 0 spiro atoms. The molecule has 2 N–H and O–H groups in total. The van der Waals surface area contributed by atoms with Crippen molar-refractivity contribution >= 4 is 17.6 Å². The van der Waals surface area contributed by atoms with Gasteiger partial charge in [-0.2, -0.15) is 0 Å². The van der Waals surface area contributed by atoms with E-state index in [0.29, 0.717) is 18.0 Å². The summed E-state index contributed by atoms with van der Waals surface area (Å²) in [6, 6.07) is 12.2. The van der Waals surface area contributed by atoms with E-state index in [1.54, 1.807) is 36.4 Å². The number of carbonyl (C=O) groups excluding carboxylic acids is 1. The third-order valence-corrected chi connectivity index (χ3v) is 3.50. The Kier molecular flexibility index (Phi) is 5.41. The van der Waals surface area contributed by atoms with Gasteiger partial charge in [0.15, 0.2) is 12.3 Å². The maximum atomic E-state index is 12.9. The van der Waals surface area contributed by atoms with E-state index in [-0.39, 0.29) is 11.5 Å². The summed E-state index contributed by atoms with van der Waals surface area (Å²) < 4.78 is 19.4. The highest BCUT2D eigenvalue weighted by Crippen LogP contribution is 2.16. The SMILES string of the molecule is O=C(O)COc1ccc(NC(=O)c2cn(Cc3ccc(F)cc3)nn2)cc1. The van der Waals surface area contributed by atoms with Crippen LogP contribution in [0.1, 0.15) is 16.1 Å². The molecule has 0 radical (unpaired) electrons. The molecule has 0 aliphatic heterocycles. The molecule has 1 heterocycles. The first-order valence-electron chi connectivity index (χ1n) is 7.90. The van der Waals surface area contributed by atoms with Crippen molar-refractivity contribution in [2.24, 2.45) is 0 Å². The number of anilines is 1. The van der Waals surface area contributed by atoms with E-state index < -0.39 is 18.5 Å². The molecule has 0 fully saturated rings. The maximum Gasteiger partial charge on any atom is 0.341 e. The fourth-order valence-corrected chi connectivity index (χ4v) is 2.23. The van der Waals surface area contributed by atoms with Crippen molar-refractivity contribution in [2.75, 3.05) is 11.9 Å². The molecular weight excluding hydrogens is 355 g/mol. The highest BCUT2D eigenvalue weighted by atomic mass is 19.1. The average molecular weight is 370 g/mol. The molecule has 0 atom stereocenters. The van der Waals surface area contributed by atoms with Crippen molar-refractivity contribution in [1.82, 2.24) is 15.0 Å².